The van der Waals surface area contributed by atoms with Crippen LogP contribution >= 0.6 is 0 Å². The van der Waals surface area contributed by atoms with Crippen LogP contribution in [0.2, 0.25) is 0 Å². The molecule has 0 atom stereocenters. The van der Waals surface area contributed by atoms with E-state index in [4.69, 9.17) is 0 Å². The van der Waals surface area contributed by atoms with Crippen LogP contribution in [0.25, 0.3) is 49.7 Å². The fourth-order valence-corrected chi connectivity index (χ4v) is 4.20. The predicted octanol–water partition coefficient (Wildman–Crippen LogP) is 5.76. The van der Waals surface area contributed by atoms with Crippen molar-refractivity contribution < 1.29 is 0 Å². The number of aromatic nitrogens is 2. The highest BCUT2D eigenvalue weighted by Gasteiger charge is 2.23. The monoisotopic (exact) mass is 306 g/mol. The molecule has 0 fully saturated rings. The second-order valence-corrected chi connectivity index (χ2v) is 6.35. The van der Waals surface area contributed by atoms with E-state index in [1.54, 1.807) is 0 Å². The van der Waals surface area contributed by atoms with Gasteiger partial charge < -0.3 is 9.55 Å². The van der Waals surface area contributed by atoms with Crippen LogP contribution in [0.5, 0.6) is 0 Å². The van der Waals surface area contributed by atoms with Gasteiger partial charge in [0.1, 0.15) is 0 Å². The van der Waals surface area contributed by atoms with Gasteiger partial charge in [-0.3, -0.25) is 0 Å². The van der Waals surface area contributed by atoms with E-state index in [0.29, 0.717) is 0 Å². The number of rotatable bonds is 0. The highest BCUT2D eigenvalue weighted by molar-refractivity contribution is 6.16. The first kappa shape index (κ1) is 12.2. The largest absolute Gasteiger partial charge is 0.365 e. The fraction of sp³-hybridized carbons (Fsp3) is 0. The molecular weight excluding hydrogens is 292 g/mol. The van der Waals surface area contributed by atoms with Gasteiger partial charge in [-0.2, -0.15) is 0 Å². The fourth-order valence-electron chi connectivity index (χ4n) is 4.20. The number of nitrogens with one attached hydrogen (secondary N) is 1. The van der Waals surface area contributed by atoms with Crippen LogP contribution in [0.1, 0.15) is 0 Å². The number of para-hydroxylation sites is 2. The molecule has 3 aromatic carbocycles. The third kappa shape index (κ3) is 1.32. The van der Waals surface area contributed by atoms with E-state index in [1.807, 2.05) is 0 Å². The summed E-state index contributed by atoms with van der Waals surface area (Å²) in [6.07, 6.45) is 4.22. The molecular formula is C22H14N2. The lowest BCUT2D eigenvalue weighted by Crippen LogP contribution is -1.92. The van der Waals surface area contributed by atoms with Gasteiger partial charge in [0.25, 0.3) is 0 Å². The van der Waals surface area contributed by atoms with E-state index >= 15 is 0 Å². The number of nitrogens with zero attached hydrogens (tertiary/aromatic N) is 1. The number of fused-ring (bicyclic) bond motifs is 8. The molecule has 5 aromatic rings. The van der Waals surface area contributed by atoms with Gasteiger partial charge in [-0.05, 0) is 17.2 Å². The van der Waals surface area contributed by atoms with Crippen molar-refractivity contribution in [2.45, 2.75) is 0 Å². The molecule has 2 heteroatoms. The minimum Gasteiger partial charge on any atom is -0.365 e. The Morgan fingerprint density at radius 1 is 0.583 bits per heavy atom. The number of aromatic amines is 1. The summed E-state index contributed by atoms with van der Waals surface area (Å²) < 4.78 is 2.41. The van der Waals surface area contributed by atoms with Gasteiger partial charge in [-0.1, -0.05) is 60.7 Å². The third-order valence-corrected chi connectivity index (χ3v) is 5.17. The summed E-state index contributed by atoms with van der Waals surface area (Å²) in [7, 11) is 0. The maximum Gasteiger partial charge on any atom is 0.0715 e. The Balaban J connectivity index is 1.99. The van der Waals surface area contributed by atoms with Crippen molar-refractivity contribution in [3.8, 4) is 27.9 Å². The normalized spacial score (nSPS) is 12.2. The van der Waals surface area contributed by atoms with Crippen LogP contribution in [0.3, 0.4) is 0 Å². The Morgan fingerprint density at radius 2 is 1.29 bits per heavy atom. The Bertz CT molecular complexity index is 1250. The standard InChI is InChI=1S/C22H14N2/c1-2-7-15-14(6-1)17-9-5-10-18-16-8-3-4-11-20(16)24(22(17)18)21-13-23-12-19(15)21/h1-13,23H. The van der Waals surface area contributed by atoms with Gasteiger partial charge >= 0.3 is 0 Å². The number of hydrogen-bond acceptors (Lipinski definition) is 0. The second-order valence-electron chi connectivity index (χ2n) is 6.35. The Hall–Kier alpha value is -3.26. The van der Waals surface area contributed by atoms with Crippen molar-refractivity contribution in [3.63, 3.8) is 0 Å². The first-order valence-electron chi connectivity index (χ1n) is 8.22. The number of hydrogen-bond donors (Lipinski definition) is 1. The summed E-state index contributed by atoms with van der Waals surface area (Å²) in [6, 6.07) is 24.0. The lowest BCUT2D eigenvalue weighted by Gasteiger charge is -2.07. The molecule has 2 aromatic heterocycles. The smallest absolute Gasteiger partial charge is 0.0715 e. The molecule has 6 rings (SSSR count). The molecule has 1 aliphatic rings. The summed E-state index contributed by atoms with van der Waals surface area (Å²) in [5.41, 5.74) is 8.91. The average molecular weight is 306 g/mol. The highest BCUT2D eigenvalue weighted by atomic mass is 15.0. The molecule has 24 heavy (non-hydrogen) atoms. The second kappa shape index (κ2) is 4.18. The summed E-state index contributed by atoms with van der Waals surface area (Å²) in [6.45, 7) is 0. The molecule has 0 spiro atoms. The zero-order valence-corrected chi connectivity index (χ0v) is 13.0. The summed E-state index contributed by atoms with van der Waals surface area (Å²) in [5.74, 6) is 0. The summed E-state index contributed by atoms with van der Waals surface area (Å²) in [4.78, 5) is 3.32. The van der Waals surface area contributed by atoms with Gasteiger partial charge in [0.05, 0.1) is 16.7 Å². The molecule has 112 valence electrons. The zero-order valence-electron chi connectivity index (χ0n) is 13.0. The quantitative estimate of drug-likeness (QED) is 0.368. The maximum absolute atomic E-state index is 3.32. The molecule has 0 aliphatic carbocycles. The van der Waals surface area contributed by atoms with Crippen LogP contribution in [0.4, 0.5) is 0 Å². The first-order valence-corrected chi connectivity index (χ1v) is 8.22. The van der Waals surface area contributed by atoms with Crippen molar-refractivity contribution >= 4 is 21.8 Å². The lowest BCUT2D eigenvalue weighted by atomic mass is 9.95. The van der Waals surface area contributed by atoms with Crippen LogP contribution in [0.15, 0.2) is 79.1 Å². The van der Waals surface area contributed by atoms with Crippen LogP contribution < -0.4 is 0 Å². The third-order valence-electron chi connectivity index (χ3n) is 5.17. The van der Waals surface area contributed by atoms with E-state index < -0.39 is 0 Å². The molecule has 0 saturated heterocycles. The van der Waals surface area contributed by atoms with Crippen molar-refractivity contribution in [3.05, 3.63) is 79.1 Å². The van der Waals surface area contributed by atoms with Crippen molar-refractivity contribution in [2.24, 2.45) is 0 Å². The lowest BCUT2D eigenvalue weighted by molar-refractivity contribution is 1.19. The molecule has 2 nitrogen and oxygen atoms in total. The molecule has 0 unspecified atom stereocenters. The van der Waals surface area contributed by atoms with Crippen molar-refractivity contribution in [1.29, 1.82) is 0 Å². The molecule has 1 aliphatic heterocycles. The Kier molecular flexibility index (Phi) is 2.12. The zero-order chi connectivity index (χ0) is 15.7. The predicted molar refractivity (Wildman–Crippen MR) is 99.6 cm³/mol. The Labute approximate surface area is 139 Å². The SMILES string of the molecule is c1ccc2c(c1)-c1c[nH]cc1-n1c3ccccc3c3cccc-2c31. The van der Waals surface area contributed by atoms with Gasteiger partial charge in [0, 0.05) is 34.3 Å². The van der Waals surface area contributed by atoms with E-state index in [-0.39, 0.29) is 0 Å². The number of H-pyrrole nitrogens is 1. The van der Waals surface area contributed by atoms with E-state index in [1.165, 1.54) is 49.7 Å². The van der Waals surface area contributed by atoms with Crippen molar-refractivity contribution in [1.82, 2.24) is 9.55 Å². The van der Waals surface area contributed by atoms with Crippen molar-refractivity contribution in [2.75, 3.05) is 0 Å². The molecule has 0 saturated carbocycles. The number of benzene rings is 3. The first-order chi connectivity index (χ1) is 11.9. The Morgan fingerprint density at radius 3 is 2.21 bits per heavy atom. The van der Waals surface area contributed by atoms with Gasteiger partial charge in [-0.25, -0.2) is 0 Å². The van der Waals surface area contributed by atoms with E-state index in [9.17, 15) is 0 Å². The van der Waals surface area contributed by atoms with Gasteiger partial charge in [-0.15, -0.1) is 0 Å². The molecule has 0 bridgehead atoms. The molecule has 3 heterocycles. The minimum atomic E-state index is 1.22. The van der Waals surface area contributed by atoms with Gasteiger partial charge in [0.2, 0.25) is 0 Å². The maximum atomic E-state index is 3.32. The molecule has 0 radical (unpaired) electrons. The van der Waals surface area contributed by atoms with Crippen LogP contribution in [-0.2, 0) is 0 Å². The van der Waals surface area contributed by atoms with E-state index in [0.717, 1.165) is 0 Å². The summed E-state index contributed by atoms with van der Waals surface area (Å²) in [5, 5.41) is 2.62. The van der Waals surface area contributed by atoms with Gasteiger partial charge in [0.15, 0.2) is 0 Å². The van der Waals surface area contributed by atoms with E-state index in [2.05, 4.69) is 88.7 Å². The summed E-state index contributed by atoms with van der Waals surface area (Å²) >= 11 is 0. The average Bonchev–Trinajstić information content (AvgIpc) is 3.21. The topological polar surface area (TPSA) is 20.7 Å². The van der Waals surface area contributed by atoms with Crippen LogP contribution in [0, 0.1) is 0 Å². The highest BCUT2D eigenvalue weighted by Crippen LogP contribution is 2.46. The molecule has 0 amide bonds. The molecule has 1 N–H and O–H groups in total. The minimum absolute atomic E-state index is 1.22. The van der Waals surface area contributed by atoms with Crippen LogP contribution in [-0.4, -0.2) is 9.55 Å².